The Morgan fingerprint density at radius 3 is 2.79 bits per heavy atom. The Balaban J connectivity index is 1.46. The van der Waals surface area contributed by atoms with Crippen LogP contribution in [0.5, 0.6) is 0 Å². The topological polar surface area (TPSA) is 67.6 Å². The zero-order valence-electron chi connectivity index (χ0n) is 13.3. The average Bonchev–Trinajstić information content (AvgIpc) is 3.13. The first-order chi connectivity index (χ1) is 11.8. The maximum Gasteiger partial charge on any atom is 0.274 e. The van der Waals surface area contributed by atoms with Crippen molar-refractivity contribution in [1.29, 1.82) is 0 Å². The number of carbonyl (C=O) groups excluding carboxylic acids is 1. The Hall–Kier alpha value is -2.62. The summed E-state index contributed by atoms with van der Waals surface area (Å²) < 4.78 is 10.5. The summed E-state index contributed by atoms with van der Waals surface area (Å²) in [5.74, 6) is 6.28. The number of ether oxygens (including phenoxy) is 1. The van der Waals surface area contributed by atoms with Crippen LogP contribution < -0.4 is 5.32 Å². The van der Waals surface area contributed by atoms with Crippen LogP contribution in [0.4, 0.5) is 0 Å². The maximum atomic E-state index is 12.0. The van der Waals surface area contributed by atoms with Crippen LogP contribution in [0.3, 0.4) is 0 Å². The molecular weight excluding hydrogens is 306 g/mol. The zero-order valence-corrected chi connectivity index (χ0v) is 13.3. The van der Waals surface area contributed by atoms with Crippen molar-refractivity contribution in [2.24, 2.45) is 0 Å². The molecule has 124 valence electrons. The van der Waals surface area contributed by atoms with Crippen LogP contribution in [0.15, 0.2) is 40.9 Å². The Bertz CT molecular complexity index is 725. The van der Waals surface area contributed by atoms with Gasteiger partial charge in [0.15, 0.2) is 11.5 Å². The van der Waals surface area contributed by atoms with E-state index >= 15 is 0 Å². The predicted octanol–water partition coefficient (Wildman–Crippen LogP) is 1.41. The molecule has 0 atom stereocenters. The number of hydrogen-bond donors (Lipinski definition) is 1. The molecule has 1 aromatic carbocycles. The van der Waals surface area contributed by atoms with E-state index in [1.54, 1.807) is 6.07 Å². The summed E-state index contributed by atoms with van der Waals surface area (Å²) in [5.41, 5.74) is 1.14. The fourth-order valence-corrected chi connectivity index (χ4v) is 2.33. The second kappa shape index (κ2) is 8.29. The normalized spacial score (nSPS) is 14.7. The fraction of sp³-hybridized carbons (Fsp3) is 0.333. The Morgan fingerprint density at radius 2 is 2.00 bits per heavy atom. The Labute approximate surface area is 140 Å². The molecule has 0 unspecified atom stereocenters. The van der Waals surface area contributed by atoms with E-state index in [0.717, 1.165) is 31.9 Å². The van der Waals surface area contributed by atoms with Gasteiger partial charge >= 0.3 is 0 Å². The molecule has 2 aromatic rings. The van der Waals surface area contributed by atoms with Crippen molar-refractivity contribution in [3.05, 3.63) is 42.1 Å². The molecule has 6 heteroatoms. The lowest BCUT2D eigenvalue weighted by molar-refractivity contribution is 0.0443. The summed E-state index contributed by atoms with van der Waals surface area (Å²) in [6.45, 7) is 4.31. The number of amides is 1. The van der Waals surface area contributed by atoms with E-state index in [0.29, 0.717) is 12.3 Å². The molecular formula is C18H19N3O3. The lowest BCUT2D eigenvalue weighted by Crippen LogP contribution is -2.36. The zero-order chi connectivity index (χ0) is 16.6. The maximum absolute atomic E-state index is 12.0. The van der Waals surface area contributed by atoms with Crippen molar-refractivity contribution < 1.29 is 14.1 Å². The minimum Gasteiger partial charge on any atom is -0.379 e. The molecule has 1 N–H and O–H groups in total. The van der Waals surface area contributed by atoms with E-state index in [4.69, 9.17) is 9.26 Å². The highest BCUT2D eigenvalue weighted by molar-refractivity contribution is 5.93. The lowest BCUT2D eigenvalue weighted by Gasteiger charge is -2.24. The molecule has 1 aromatic heterocycles. The molecule has 24 heavy (non-hydrogen) atoms. The van der Waals surface area contributed by atoms with Gasteiger partial charge < -0.3 is 14.6 Å². The molecule has 0 spiro atoms. The van der Waals surface area contributed by atoms with Gasteiger partial charge in [-0.2, -0.15) is 0 Å². The lowest BCUT2D eigenvalue weighted by atomic mass is 10.1. The predicted molar refractivity (Wildman–Crippen MR) is 89.3 cm³/mol. The highest BCUT2D eigenvalue weighted by Gasteiger charge is 2.12. The van der Waals surface area contributed by atoms with Crippen LogP contribution in [-0.4, -0.2) is 55.4 Å². The molecule has 2 heterocycles. The number of aromatic nitrogens is 1. The number of benzene rings is 1. The molecule has 6 nitrogen and oxygen atoms in total. The summed E-state index contributed by atoms with van der Waals surface area (Å²) in [6.07, 6.45) is 0. The van der Waals surface area contributed by atoms with E-state index in [1.807, 2.05) is 30.3 Å². The molecule has 1 aliphatic rings. The number of rotatable bonds is 4. The average molecular weight is 325 g/mol. The van der Waals surface area contributed by atoms with Gasteiger partial charge in [0, 0.05) is 24.7 Å². The van der Waals surface area contributed by atoms with E-state index in [-0.39, 0.29) is 18.1 Å². The van der Waals surface area contributed by atoms with Crippen molar-refractivity contribution in [2.45, 2.75) is 0 Å². The van der Waals surface area contributed by atoms with Crippen molar-refractivity contribution in [3.63, 3.8) is 0 Å². The Kier molecular flexibility index (Phi) is 5.61. The van der Waals surface area contributed by atoms with Gasteiger partial charge in [0.25, 0.3) is 5.91 Å². The molecule has 0 bridgehead atoms. The van der Waals surface area contributed by atoms with Crippen molar-refractivity contribution in [1.82, 2.24) is 15.4 Å². The van der Waals surface area contributed by atoms with Gasteiger partial charge in [0.1, 0.15) is 0 Å². The number of nitrogens with zero attached hydrogens (tertiary/aromatic N) is 2. The largest absolute Gasteiger partial charge is 0.379 e. The smallest absolute Gasteiger partial charge is 0.274 e. The monoisotopic (exact) mass is 325 g/mol. The van der Waals surface area contributed by atoms with Gasteiger partial charge in [0.2, 0.25) is 0 Å². The molecule has 0 aliphatic carbocycles. The minimum absolute atomic E-state index is 0.254. The van der Waals surface area contributed by atoms with Gasteiger partial charge in [-0.3, -0.25) is 9.69 Å². The highest BCUT2D eigenvalue weighted by Crippen LogP contribution is 2.19. The van der Waals surface area contributed by atoms with Crippen molar-refractivity contribution in [2.75, 3.05) is 39.4 Å². The molecule has 0 radical (unpaired) electrons. The molecule has 1 fully saturated rings. The van der Waals surface area contributed by atoms with Gasteiger partial charge in [0.05, 0.1) is 26.3 Å². The van der Waals surface area contributed by atoms with Gasteiger partial charge in [-0.05, 0) is 0 Å². The first kappa shape index (κ1) is 16.2. The van der Waals surface area contributed by atoms with Gasteiger partial charge in [-0.15, -0.1) is 0 Å². The third-order valence-corrected chi connectivity index (χ3v) is 3.67. The molecule has 1 amide bonds. The van der Waals surface area contributed by atoms with Crippen molar-refractivity contribution >= 4 is 5.91 Å². The van der Waals surface area contributed by atoms with Crippen LogP contribution in [0, 0.1) is 11.8 Å². The van der Waals surface area contributed by atoms with Crippen LogP contribution in [-0.2, 0) is 4.74 Å². The standard InChI is InChI=1S/C18H19N3O3/c22-18(19-8-4-5-9-21-10-12-23-13-11-21)16-14-17(24-20-16)15-6-2-1-3-7-15/h1-3,6-7,14H,8-13H2,(H,19,22). The summed E-state index contributed by atoms with van der Waals surface area (Å²) in [5, 5.41) is 6.53. The van der Waals surface area contributed by atoms with Crippen LogP contribution >= 0.6 is 0 Å². The van der Waals surface area contributed by atoms with Crippen molar-refractivity contribution in [3.8, 4) is 23.2 Å². The third kappa shape index (κ3) is 4.44. The SMILES string of the molecule is O=C(NCC#CCN1CCOCC1)c1cc(-c2ccccc2)on1. The fourth-order valence-electron chi connectivity index (χ4n) is 2.33. The van der Waals surface area contributed by atoms with Crippen LogP contribution in [0.25, 0.3) is 11.3 Å². The first-order valence-electron chi connectivity index (χ1n) is 7.89. The summed E-state index contributed by atoms with van der Waals surface area (Å²) in [7, 11) is 0. The minimum atomic E-state index is -0.290. The third-order valence-electron chi connectivity index (χ3n) is 3.67. The van der Waals surface area contributed by atoms with Gasteiger partial charge in [-0.1, -0.05) is 47.3 Å². The number of morpholine rings is 1. The number of nitrogens with one attached hydrogen (secondary N) is 1. The highest BCUT2D eigenvalue weighted by atomic mass is 16.5. The summed E-state index contributed by atoms with van der Waals surface area (Å²) in [4.78, 5) is 14.3. The molecule has 1 saturated heterocycles. The molecule has 0 saturated carbocycles. The van der Waals surface area contributed by atoms with E-state index in [9.17, 15) is 4.79 Å². The summed E-state index contributed by atoms with van der Waals surface area (Å²) >= 11 is 0. The number of carbonyl (C=O) groups is 1. The van der Waals surface area contributed by atoms with Gasteiger partial charge in [-0.25, -0.2) is 0 Å². The number of hydrogen-bond acceptors (Lipinski definition) is 5. The second-order valence-electron chi connectivity index (χ2n) is 5.37. The van der Waals surface area contributed by atoms with Crippen LogP contribution in [0.2, 0.25) is 0 Å². The quantitative estimate of drug-likeness (QED) is 0.861. The second-order valence-corrected chi connectivity index (χ2v) is 5.37. The van der Waals surface area contributed by atoms with E-state index < -0.39 is 0 Å². The first-order valence-corrected chi connectivity index (χ1v) is 7.89. The Morgan fingerprint density at radius 1 is 1.21 bits per heavy atom. The molecule has 3 rings (SSSR count). The summed E-state index contributed by atoms with van der Waals surface area (Å²) in [6, 6.07) is 11.2. The van der Waals surface area contributed by atoms with E-state index in [1.165, 1.54) is 0 Å². The van der Waals surface area contributed by atoms with E-state index in [2.05, 4.69) is 27.2 Å². The molecule has 1 aliphatic heterocycles. The van der Waals surface area contributed by atoms with Crippen LogP contribution in [0.1, 0.15) is 10.5 Å².